The number of hydrogen-bond acceptors (Lipinski definition) is 10. The first-order valence-corrected chi connectivity index (χ1v) is 14.8. The molecule has 0 bridgehead atoms. The van der Waals surface area contributed by atoms with Crippen molar-refractivity contribution in [2.75, 3.05) is 26.4 Å². The van der Waals surface area contributed by atoms with Crippen molar-refractivity contribution in [3.05, 3.63) is 47.7 Å². The smallest absolute Gasteiger partial charge is 0.345 e. The van der Waals surface area contributed by atoms with Crippen LogP contribution in [0, 0.1) is 5.92 Å². The molecule has 4 rings (SSSR count). The summed E-state index contributed by atoms with van der Waals surface area (Å²) in [5.74, 6) is -3.47. The van der Waals surface area contributed by atoms with Gasteiger partial charge in [-0.25, -0.2) is 10.2 Å². The second-order valence-electron chi connectivity index (χ2n) is 11.6. The van der Waals surface area contributed by atoms with Gasteiger partial charge >= 0.3 is 11.9 Å². The van der Waals surface area contributed by atoms with Crippen LogP contribution < -0.4 is 16.5 Å². The van der Waals surface area contributed by atoms with Crippen LogP contribution >= 0.6 is 12.4 Å². The third kappa shape index (κ3) is 8.76. The number of amides is 2. The van der Waals surface area contributed by atoms with Gasteiger partial charge in [0.1, 0.15) is 12.1 Å². The van der Waals surface area contributed by atoms with Crippen molar-refractivity contribution < 1.29 is 38.5 Å². The standard InChI is InChI=1S/C31H41N5O8.ClH/c1-18(2)26(27(37)33-20(4)28(38)36-13-5-6-24(35-36)29(39)40)44-30(41)31(17-42-14-15-43-31)12-11-21-7-8-22-9-10-23(19(3)32)34-25(22)16-21;/h7-12,16,18-20,24,26,35H,5-6,13-15,17,32H2,1-4H3,(H,33,37)(H,39,40);1H/b12-11+;/t19-,20+,24+,26+,31?;/m1./s1. The number of ether oxygens (including phenoxy) is 3. The summed E-state index contributed by atoms with van der Waals surface area (Å²) >= 11 is 0. The van der Waals surface area contributed by atoms with Gasteiger partial charge in [0.15, 0.2) is 6.10 Å². The lowest BCUT2D eigenvalue weighted by Crippen LogP contribution is -2.60. The molecule has 2 saturated heterocycles. The molecular formula is C31H42ClN5O8. The molecule has 1 aromatic carbocycles. The molecular weight excluding hydrogens is 606 g/mol. The predicted octanol–water partition coefficient (Wildman–Crippen LogP) is 2.13. The van der Waals surface area contributed by atoms with Gasteiger partial charge in [0.05, 0.1) is 31.0 Å². The number of pyridine rings is 1. The summed E-state index contributed by atoms with van der Waals surface area (Å²) in [5.41, 5.74) is 9.34. The van der Waals surface area contributed by atoms with Crippen molar-refractivity contribution in [3.63, 3.8) is 0 Å². The molecule has 2 aliphatic rings. The molecule has 5 N–H and O–H groups in total. The number of aromatic nitrogens is 1. The van der Waals surface area contributed by atoms with E-state index in [4.69, 9.17) is 19.9 Å². The van der Waals surface area contributed by atoms with Gasteiger partial charge in [-0.15, -0.1) is 12.4 Å². The second-order valence-corrected chi connectivity index (χ2v) is 11.6. The number of hydrazine groups is 1. The lowest BCUT2D eigenvalue weighted by molar-refractivity contribution is -0.195. The molecule has 45 heavy (non-hydrogen) atoms. The molecule has 0 aliphatic carbocycles. The Labute approximate surface area is 268 Å². The number of carbonyl (C=O) groups excluding carboxylic acids is 3. The van der Waals surface area contributed by atoms with Gasteiger partial charge in [0.25, 0.3) is 11.8 Å². The average molecular weight is 648 g/mol. The molecule has 2 aliphatic heterocycles. The zero-order valence-electron chi connectivity index (χ0n) is 25.9. The van der Waals surface area contributed by atoms with Crippen molar-refractivity contribution >= 4 is 53.1 Å². The van der Waals surface area contributed by atoms with Crippen LogP contribution in [0.2, 0.25) is 0 Å². The van der Waals surface area contributed by atoms with Crippen LogP contribution in [0.4, 0.5) is 0 Å². The Balaban J connectivity index is 0.00000552. The summed E-state index contributed by atoms with van der Waals surface area (Å²) in [6.07, 6.45) is 2.93. The van der Waals surface area contributed by atoms with E-state index in [0.717, 1.165) is 22.2 Å². The number of nitrogens with two attached hydrogens (primary N) is 1. The van der Waals surface area contributed by atoms with E-state index in [1.165, 1.54) is 11.9 Å². The van der Waals surface area contributed by atoms with E-state index in [9.17, 15) is 24.3 Å². The number of carboxylic acid groups (broad SMARTS) is 1. The number of carboxylic acids is 1. The maximum Gasteiger partial charge on any atom is 0.345 e. The van der Waals surface area contributed by atoms with Crippen molar-refractivity contribution in [1.29, 1.82) is 0 Å². The number of hydrogen-bond donors (Lipinski definition) is 4. The van der Waals surface area contributed by atoms with Crippen molar-refractivity contribution in [2.45, 2.75) is 70.4 Å². The Morgan fingerprint density at radius 2 is 1.91 bits per heavy atom. The summed E-state index contributed by atoms with van der Waals surface area (Å²) in [6.45, 7) is 7.40. The van der Waals surface area contributed by atoms with Crippen molar-refractivity contribution in [1.82, 2.24) is 20.7 Å². The molecule has 1 unspecified atom stereocenters. The molecule has 0 spiro atoms. The Hall–Kier alpha value is -3.62. The Morgan fingerprint density at radius 1 is 1.18 bits per heavy atom. The molecule has 1 aromatic heterocycles. The van der Waals surface area contributed by atoms with Gasteiger partial charge in [-0.2, -0.15) is 0 Å². The Morgan fingerprint density at radius 3 is 2.56 bits per heavy atom. The number of rotatable bonds is 10. The van der Waals surface area contributed by atoms with Crippen LogP contribution in [0.25, 0.3) is 17.0 Å². The molecule has 0 saturated carbocycles. The van der Waals surface area contributed by atoms with Crippen LogP contribution in [0.5, 0.6) is 0 Å². The summed E-state index contributed by atoms with van der Waals surface area (Å²) in [5, 5.41) is 14.0. The lowest BCUT2D eigenvalue weighted by atomic mass is 10.0. The number of nitrogens with one attached hydrogen (secondary N) is 2. The van der Waals surface area contributed by atoms with Crippen LogP contribution in [0.3, 0.4) is 0 Å². The fourth-order valence-electron chi connectivity index (χ4n) is 4.99. The van der Waals surface area contributed by atoms with Crippen LogP contribution in [0.15, 0.2) is 36.4 Å². The SMILES string of the molecule is CC(C)[C@H](OC(=O)C1(/C=C/c2ccc3ccc([C@@H](C)N)nc3c2)COCCO1)C(=O)N[C@@H](C)C(=O)N1CCC[C@@H](C(=O)O)N1.Cl. The van der Waals surface area contributed by atoms with Gasteiger partial charge in [-0.05, 0) is 56.4 Å². The minimum atomic E-state index is -1.60. The van der Waals surface area contributed by atoms with Crippen molar-refractivity contribution in [2.24, 2.45) is 11.7 Å². The zero-order valence-corrected chi connectivity index (χ0v) is 26.7. The summed E-state index contributed by atoms with van der Waals surface area (Å²) in [6, 6.07) is 7.40. The first kappa shape index (κ1) is 35.9. The van der Waals surface area contributed by atoms with Gasteiger partial charge in [-0.1, -0.05) is 38.1 Å². The largest absolute Gasteiger partial charge is 0.480 e. The molecule has 2 amide bonds. The van der Waals surface area contributed by atoms with E-state index in [1.54, 1.807) is 26.0 Å². The Bertz CT molecular complexity index is 1410. The van der Waals surface area contributed by atoms with Gasteiger partial charge in [0, 0.05) is 18.0 Å². The van der Waals surface area contributed by atoms with E-state index in [0.29, 0.717) is 26.0 Å². The minimum Gasteiger partial charge on any atom is -0.480 e. The fourth-order valence-corrected chi connectivity index (χ4v) is 4.99. The highest BCUT2D eigenvalue weighted by Crippen LogP contribution is 2.25. The third-order valence-corrected chi connectivity index (χ3v) is 7.58. The van der Waals surface area contributed by atoms with E-state index in [1.807, 2.05) is 37.3 Å². The number of fused-ring (bicyclic) bond motifs is 1. The van der Waals surface area contributed by atoms with E-state index < -0.39 is 53.5 Å². The molecule has 5 atom stereocenters. The summed E-state index contributed by atoms with van der Waals surface area (Å²) in [7, 11) is 0. The van der Waals surface area contributed by atoms with E-state index in [2.05, 4.69) is 15.7 Å². The highest BCUT2D eigenvalue weighted by molar-refractivity contribution is 5.92. The summed E-state index contributed by atoms with van der Waals surface area (Å²) in [4.78, 5) is 55.9. The van der Waals surface area contributed by atoms with Crippen LogP contribution in [0.1, 0.15) is 57.8 Å². The predicted molar refractivity (Wildman–Crippen MR) is 168 cm³/mol. The average Bonchev–Trinajstić information content (AvgIpc) is 3.01. The van der Waals surface area contributed by atoms with E-state index >= 15 is 0 Å². The highest BCUT2D eigenvalue weighted by atomic mass is 35.5. The maximum absolute atomic E-state index is 13.6. The quantitative estimate of drug-likeness (QED) is 0.277. The van der Waals surface area contributed by atoms with Gasteiger partial charge in [0.2, 0.25) is 5.60 Å². The second kappa shape index (κ2) is 15.6. The van der Waals surface area contributed by atoms with Gasteiger partial charge < -0.3 is 30.4 Å². The number of halogens is 1. The maximum atomic E-state index is 13.6. The number of aliphatic carboxylic acids is 1. The molecule has 2 fully saturated rings. The molecule has 13 nitrogen and oxygen atoms in total. The third-order valence-electron chi connectivity index (χ3n) is 7.58. The first-order chi connectivity index (χ1) is 20.9. The number of nitrogens with zero attached hydrogens (tertiary/aromatic N) is 2. The minimum absolute atomic E-state index is 0. The van der Waals surface area contributed by atoms with Crippen LogP contribution in [-0.4, -0.2) is 89.0 Å². The monoisotopic (exact) mass is 647 g/mol. The first-order valence-electron chi connectivity index (χ1n) is 14.8. The van der Waals surface area contributed by atoms with Gasteiger partial charge in [-0.3, -0.25) is 24.4 Å². The molecule has 2 aromatic rings. The fraction of sp³-hybridized carbons (Fsp3) is 0.516. The number of esters is 1. The molecule has 0 radical (unpaired) electrons. The number of carbonyl (C=O) groups is 4. The Kier molecular flexibility index (Phi) is 12.4. The zero-order chi connectivity index (χ0) is 32.0. The van der Waals surface area contributed by atoms with E-state index in [-0.39, 0.29) is 31.7 Å². The molecule has 3 heterocycles. The number of benzene rings is 1. The molecule has 14 heteroatoms. The highest BCUT2D eigenvalue weighted by Gasteiger charge is 2.44. The molecule has 246 valence electrons. The lowest BCUT2D eigenvalue weighted by Gasteiger charge is -2.35. The topological polar surface area (TPSA) is 182 Å². The normalized spacial score (nSPS) is 22.4. The van der Waals surface area contributed by atoms with Crippen molar-refractivity contribution in [3.8, 4) is 0 Å². The summed E-state index contributed by atoms with van der Waals surface area (Å²) < 4.78 is 17.2. The van der Waals surface area contributed by atoms with Crippen LogP contribution in [-0.2, 0) is 33.4 Å².